The molecule has 146 valence electrons. The third kappa shape index (κ3) is 4.28. The Bertz CT molecular complexity index is 897. The van der Waals surface area contributed by atoms with Gasteiger partial charge in [0, 0.05) is 37.1 Å². The van der Waals surface area contributed by atoms with Gasteiger partial charge < -0.3 is 14.4 Å². The summed E-state index contributed by atoms with van der Waals surface area (Å²) in [4.78, 5) is 6.35. The fraction of sp³-hybridized carbons (Fsp3) is 0.350. The lowest BCUT2D eigenvalue weighted by Gasteiger charge is -2.27. The number of aromatic nitrogens is 4. The van der Waals surface area contributed by atoms with Crippen molar-refractivity contribution in [3.8, 4) is 11.5 Å². The second-order valence-corrected chi connectivity index (χ2v) is 7.26. The molecule has 0 spiro atoms. The lowest BCUT2D eigenvalue weighted by molar-refractivity contribution is 0.121. The van der Waals surface area contributed by atoms with Crippen LogP contribution in [0.2, 0.25) is 0 Å². The van der Waals surface area contributed by atoms with E-state index >= 15 is 0 Å². The molecule has 0 radical (unpaired) electrons. The average molecular weight is 398 g/mol. The third-order valence-electron chi connectivity index (χ3n) is 4.50. The van der Waals surface area contributed by atoms with Gasteiger partial charge in [0.15, 0.2) is 5.16 Å². The first-order chi connectivity index (χ1) is 13.8. The van der Waals surface area contributed by atoms with Gasteiger partial charge in [0.05, 0.1) is 19.4 Å². The van der Waals surface area contributed by atoms with Crippen LogP contribution in [0.15, 0.2) is 53.9 Å². The van der Waals surface area contributed by atoms with Crippen LogP contribution in [0.5, 0.6) is 11.5 Å². The molecule has 3 heterocycles. The van der Waals surface area contributed by atoms with E-state index in [0.29, 0.717) is 0 Å². The predicted octanol–water partition coefficient (Wildman–Crippen LogP) is 3.61. The second-order valence-electron chi connectivity index (χ2n) is 6.31. The third-order valence-corrected chi connectivity index (χ3v) is 5.51. The molecule has 0 unspecified atom stereocenters. The van der Waals surface area contributed by atoms with Crippen molar-refractivity contribution < 1.29 is 9.47 Å². The van der Waals surface area contributed by atoms with Crippen LogP contribution in [-0.2, 0) is 17.0 Å². The summed E-state index contributed by atoms with van der Waals surface area (Å²) in [6, 6.07) is 11.8. The van der Waals surface area contributed by atoms with Crippen LogP contribution in [0, 0.1) is 0 Å². The Hall–Kier alpha value is -2.58. The molecule has 28 heavy (non-hydrogen) atoms. The zero-order valence-corrected chi connectivity index (χ0v) is 16.6. The van der Waals surface area contributed by atoms with Crippen LogP contribution < -0.4 is 9.64 Å². The van der Waals surface area contributed by atoms with Gasteiger partial charge in [0.1, 0.15) is 11.5 Å². The summed E-state index contributed by atoms with van der Waals surface area (Å²) in [6.07, 6.45) is 3.45. The van der Waals surface area contributed by atoms with Gasteiger partial charge in [-0.05, 0) is 25.1 Å². The fourth-order valence-corrected chi connectivity index (χ4v) is 4.05. The zero-order chi connectivity index (χ0) is 19.2. The highest BCUT2D eigenvalue weighted by Crippen LogP contribution is 2.31. The average Bonchev–Trinajstić information content (AvgIpc) is 3.17. The molecule has 1 aliphatic heterocycles. The summed E-state index contributed by atoms with van der Waals surface area (Å²) in [5.74, 6) is 3.23. The van der Waals surface area contributed by atoms with Crippen LogP contribution in [0.4, 0.5) is 5.95 Å². The van der Waals surface area contributed by atoms with Crippen LogP contribution >= 0.6 is 11.8 Å². The van der Waals surface area contributed by atoms with Gasteiger partial charge in [-0.2, -0.15) is 0 Å². The van der Waals surface area contributed by atoms with Crippen molar-refractivity contribution in [2.45, 2.75) is 24.4 Å². The highest BCUT2D eigenvalue weighted by atomic mass is 32.2. The number of benzene rings is 1. The van der Waals surface area contributed by atoms with E-state index in [9.17, 15) is 0 Å². The number of nitrogens with zero attached hydrogens (tertiary/aromatic N) is 5. The molecule has 1 saturated heterocycles. The van der Waals surface area contributed by atoms with Gasteiger partial charge in [-0.3, -0.25) is 9.55 Å². The van der Waals surface area contributed by atoms with E-state index in [1.54, 1.807) is 24.2 Å². The maximum absolute atomic E-state index is 6.01. The molecule has 1 aliphatic rings. The quantitative estimate of drug-likeness (QED) is 0.564. The van der Waals surface area contributed by atoms with Crippen molar-refractivity contribution in [3.63, 3.8) is 0 Å². The Balaban J connectivity index is 1.48. The molecule has 8 heteroatoms. The topological polar surface area (TPSA) is 65.3 Å². The summed E-state index contributed by atoms with van der Waals surface area (Å²) in [5, 5.41) is 9.79. The minimum absolute atomic E-state index is 0.728. The van der Waals surface area contributed by atoms with Crippen molar-refractivity contribution in [2.24, 2.45) is 0 Å². The number of para-hydroxylation sites is 1. The molecule has 0 N–H and O–H groups in total. The van der Waals surface area contributed by atoms with Crippen molar-refractivity contribution in [2.75, 3.05) is 31.2 Å². The van der Waals surface area contributed by atoms with Crippen LogP contribution in [0.25, 0.3) is 0 Å². The van der Waals surface area contributed by atoms with E-state index in [1.807, 2.05) is 30.3 Å². The monoisotopic (exact) mass is 397 g/mol. The molecule has 1 aromatic carbocycles. The van der Waals surface area contributed by atoms with E-state index in [2.05, 4.69) is 37.6 Å². The lowest BCUT2D eigenvalue weighted by Crippen LogP contribution is -2.38. The first-order valence-electron chi connectivity index (χ1n) is 9.39. The highest BCUT2D eigenvalue weighted by Gasteiger charge is 2.20. The predicted molar refractivity (Wildman–Crippen MR) is 109 cm³/mol. The highest BCUT2D eigenvalue weighted by molar-refractivity contribution is 7.98. The number of pyridine rings is 1. The zero-order valence-electron chi connectivity index (χ0n) is 15.8. The van der Waals surface area contributed by atoms with Crippen molar-refractivity contribution in [1.82, 2.24) is 19.7 Å². The minimum Gasteiger partial charge on any atom is -0.455 e. The minimum atomic E-state index is 0.728. The number of hydrogen-bond acceptors (Lipinski definition) is 7. The number of thioether (sulfide) groups is 1. The van der Waals surface area contributed by atoms with Crippen molar-refractivity contribution in [1.29, 1.82) is 0 Å². The summed E-state index contributed by atoms with van der Waals surface area (Å²) in [7, 11) is 0. The molecule has 4 rings (SSSR count). The van der Waals surface area contributed by atoms with Gasteiger partial charge in [-0.1, -0.05) is 30.0 Å². The summed E-state index contributed by atoms with van der Waals surface area (Å²) < 4.78 is 13.6. The molecule has 2 aromatic heterocycles. The molecule has 1 fully saturated rings. The summed E-state index contributed by atoms with van der Waals surface area (Å²) >= 11 is 1.67. The standard InChI is InChI=1S/C20H23N5O2S/c1-2-25-19(24-10-12-26-13-11-24)22-23-20(25)28-15-16-6-3-4-8-18(16)27-17-7-5-9-21-14-17/h3-9,14H,2,10-13,15H2,1H3. The van der Waals surface area contributed by atoms with E-state index in [-0.39, 0.29) is 0 Å². The first kappa shape index (κ1) is 18.8. The second kappa shape index (κ2) is 9.07. The Morgan fingerprint density at radius 1 is 1.11 bits per heavy atom. The Labute approximate surface area is 168 Å². The lowest BCUT2D eigenvalue weighted by atomic mass is 10.2. The van der Waals surface area contributed by atoms with E-state index in [0.717, 1.165) is 66.8 Å². The van der Waals surface area contributed by atoms with Crippen LogP contribution in [-0.4, -0.2) is 46.1 Å². The Morgan fingerprint density at radius 3 is 2.75 bits per heavy atom. The summed E-state index contributed by atoms with van der Waals surface area (Å²) in [5.41, 5.74) is 1.11. The Morgan fingerprint density at radius 2 is 1.96 bits per heavy atom. The Kier molecular flexibility index (Phi) is 6.08. The van der Waals surface area contributed by atoms with Gasteiger partial charge in [0.2, 0.25) is 5.95 Å². The number of anilines is 1. The molecule has 3 aromatic rings. The van der Waals surface area contributed by atoms with Gasteiger partial charge in [-0.25, -0.2) is 0 Å². The SMILES string of the molecule is CCn1c(SCc2ccccc2Oc2cccnc2)nnc1N1CCOCC1. The molecular formula is C20H23N5O2S. The molecule has 0 saturated carbocycles. The fourth-order valence-electron chi connectivity index (χ4n) is 3.06. The number of hydrogen-bond donors (Lipinski definition) is 0. The normalized spacial score (nSPS) is 14.2. The van der Waals surface area contributed by atoms with E-state index in [4.69, 9.17) is 9.47 Å². The van der Waals surface area contributed by atoms with Gasteiger partial charge in [0.25, 0.3) is 0 Å². The van der Waals surface area contributed by atoms with Crippen LogP contribution in [0.3, 0.4) is 0 Å². The molecule has 0 atom stereocenters. The van der Waals surface area contributed by atoms with Gasteiger partial charge in [-0.15, -0.1) is 10.2 Å². The maximum Gasteiger partial charge on any atom is 0.228 e. The summed E-state index contributed by atoms with van der Waals surface area (Å²) in [6.45, 7) is 6.12. The van der Waals surface area contributed by atoms with E-state index in [1.165, 1.54) is 0 Å². The molecule has 0 bridgehead atoms. The van der Waals surface area contributed by atoms with Crippen molar-refractivity contribution in [3.05, 3.63) is 54.4 Å². The molecule has 0 aliphatic carbocycles. The largest absolute Gasteiger partial charge is 0.455 e. The van der Waals surface area contributed by atoms with Crippen LogP contribution in [0.1, 0.15) is 12.5 Å². The van der Waals surface area contributed by atoms with Gasteiger partial charge >= 0.3 is 0 Å². The van der Waals surface area contributed by atoms with E-state index < -0.39 is 0 Å². The maximum atomic E-state index is 6.01. The molecular weight excluding hydrogens is 374 g/mol. The van der Waals surface area contributed by atoms with Crippen molar-refractivity contribution >= 4 is 17.7 Å². The number of ether oxygens (including phenoxy) is 2. The number of rotatable bonds is 7. The molecule has 0 amide bonds. The first-order valence-corrected chi connectivity index (χ1v) is 10.4. The smallest absolute Gasteiger partial charge is 0.228 e. The molecule has 7 nitrogen and oxygen atoms in total. The number of morpholine rings is 1.